The molecule has 34 heavy (non-hydrogen) atoms. The van der Waals surface area contributed by atoms with Gasteiger partial charge in [-0.15, -0.1) is 0 Å². The van der Waals surface area contributed by atoms with Crippen molar-refractivity contribution < 1.29 is 27.5 Å². The van der Waals surface area contributed by atoms with Crippen LogP contribution in [0.3, 0.4) is 0 Å². The minimum absolute atomic E-state index is 0.173. The van der Waals surface area contributed by atoms with Crippen molar-refractivity contribution in [2.75, 3.05) is 14.2 Å². The third-order valence-corrected chi connectivity index (χ3v) is 5.68. The number of hydrogen-bond donors (Lipinski definition) is 1. The molecule has 1 N–H and O–H groups in total. The molecule has 0 atom stereocenters. The summed E-state index contributed by atoms with van der Waals surface area (Å²) in [6.45, 7) is 2.03. The molecule has 0 aliphatic rings. The molecule has 3 aromatic carbocycles. The molecule has 0 aliphatic carbocycles. The third kappa shape index (κ3) is 4.17. The number of carbonyl (C=O) groups excluding carboxylic acids is 2. The van der Waals surface area contributed by atoms with E-state index in [1.54, 1.807) is 18.2 Å². The van der Waals surface area contributed by atoms with E-state index in [2.05, 4.69) is 5.32 Å². The summed E-state index contributed by atoms with van der Waals surface area (Å²) in [5, 5.41) is 3.19. The molecular weight excluding hydrogens is 440 g/mol. The van der Waals surface area contributed by atoms with Gasteiger partial charge in [0.05, 0.1) is 18.2 Å². The molecule has 0 bridgehead atoms. The molecule has 0 saturated carbocycles. The topological polar surface area (TPSA) is 68.5 Å². The number of carbonyl (C=O) groups is 2. The van der Waals surface area contributed by atoms with E-state index in [0.717, 1.165) is 17.5 Å². The van der Waals surface area contributed by atoms with Gasteiger partial charge in [0.15, 0.2) is 0 Å². The van der Waals surface area contributed by atoms with Gasteiger partial charge < -0.3 is 14.5 Å². The Bertz CT molecular complexity index is 1390. The molecule has 1 aromatic heterocycles. The summed E-state index contributed by atoms with van der Waals surface area (Å²) in [5.41, 5.74) is 3.47. The van der Waals surface area contributed by atoms with Gasteiger partial charge in [-0.3, -0.25) is 4.79 Å². The van der Waals surface area contributed by atoms with E-state index < -0.39 is 17.6 Å². The summed E-state index contributed by atoms with van der Waals surface area (Å²) in [7, 11) is 2.71. The highest BCUT2D eigenvalue weighted by Crippen LogP contribution is 2.38. The fourth-order valence-corrected chi connectivity index (χ4v) is 4.04. The third-order valence-electron chi connectivity index (χ3n) is 5.68. The molecular formula is C27H23F2NO4. The number of fused-ring (bicyclic) bond motifs is 1. The zero-order valence-electron chi connectivity index (χ0n) is 19.0. The van der Waals surface area contributed by atoms with Crippen LogP contribution in [-0.4, -0.2) is 26.0 Å². The van der Waals surface area contributed by atoms with Crippen LogP contribution in [0.1, 0.15) is 39.6 Å². The van der Waals surface area contributed by atoms with E-state index in [-0.39, 0.29) is 11.5 Å². The van der Waals surface area contributed by atoms with Gasteiger partial charge in [-0.25, -0.2) is 13.6 Å². The van der Waals surface area contributed by atoms with E-state index in [9.17, 15) is 18.4 Å². The fourth-order valence-electron chi connectivity index (χ4n) is 4.04. The lowest BCUT2D eigenvalue weighted by Gasteiger charge is -2.12. The molecule has 5 nitrogen and oxygen atoms in total. The van der Waals surface area contributed by atoms with Crippen LogP contribution in [0.4, 0.5) is 8.78 Å². The summed E-state index contributed by atoms with van der Waals surface area (Å²) in [6, 6.07) is 13.6. The predicted octanol–water partition coefficient (Wildman–Crippen LogP) is 6.14. The van der Waals surface area contributed by atoms with E-state index >= 15 is 0 Å². The molecule has 1 amide bonds. The summed E-state index contributed by atoms with van der Waals surface area (Å²) in [6.07, 6.45) is 1.52. The monoisotopic (exact) mass is 463 g/mol. The van der Waals surface area contributed by atoms with Crippen LogP contribution in [-0.2, 0) is 11.2 Å². The summed E-state index contributed by atoms with van der Waals surface area (Å²) in [5.74, 6) is -1.89. The van der Waals surface area contributed by atoms with Crippen LogP contribution in [0.2, 0.25) is 0 Å². The van der Waals surface area contributed by atoms with Crippen LogP contribution < -0.4 is 5.32 Å². The molecule has 4 rings (SSSR count). The van der Waals surface area contributed by atoms with Gasteiger partial charge in [0.1, 0.15) is 23.0 Å². The van der Waals surface area contributed by atoms with Crippen LogP contribution in [0.25, 0.3) is 33.4 Å². The average molecular weight is 463 g/mol. The number of halogens is 2. The average Bonchev–Trinajstić information content (AvgIpc) is 3.22. The first kappa shape index (κ1) is 23.2. The maximum Gasteiger partial charge on any atom is 0.340 e. The Morgan fingerprint density at radius 1 is 1.00 bits per heavy atom. The Hall–Kier alpha value is -4.00. The van der Waals surface area contributed by atoms with Crippen molar-refractivity contribution in [2.45, 2.75) is 19.8 Å². The van der Waals surface area contributed by atoms with Crippen LogP contribution in [0, 0.1) is 11.6 Å². The number of esters is 1. The Balaban J connectivity index is 2.00. The molecule has 4 aromatic rings. The first-order chi connectivity index (χ1) is 16.4. The molecule has 1 heterocycles. The first-order valence-corrected chi connectivity index (χ1v) is 10.8. The first-order valence-electron chi connectivity index (χ1n) is 10.8. The van der Waals surface area contributed by atoms with Crippen molar-refractivity contribution in [1.82, 2.24) is 5.32 Å². The quantitative estimate of drug-likeness (QED) is 0.349. The second kappa shape index (κ2) is 9.47. The van der Waals surface area contributed by atoms with Crippen molar-refractivity contribution >= 4 is 22.8 Å². The second-order valence-electron chi connectivity index (χ2n) is 7.83. The standard InChI is InChI=1S/C27H23F2NO4/c1-4-5-16-13-23-21(14-19(16)17-8-11-22(29)20(12-17)27(32)33-3)24(26(31)30-2)25(34-23)15-6-9-18(28)10-7-15/h6-14H,4-5H2,1-3H3,(H,30,31). The van der Waals surface area contributed by atoms with Gasteiger partial charge in [0, 0.05) is 18.0 Å². The van der Waals surface area contributed by atoms with Gasteiger partial charge >= 0.3 is 5.97 Å². The zero-order valence-corrected chi connectivity index (χ0v) is 19.0. The summed E-state index contributed by atoms with van der Waals surface area (Å²) >= 11 is 0. The highest BCUT2D eigenvalue weighted by molar-refractivity contribution is 6.12. The number of furan rings is 1. The minimum atomic E-state index is -0.773. The molecule has 7 heteroatoms. The number of amides is 1. The smallest absolute Gasteiger partial charge is 0.340 e. The lowest BCUT2D eigenvalue weighted by molar-refractivity contribution is 0.0595. The minimum Gasteiger partial charge on any atom is -0.465 e. The maximum absolute atomic E-state index is 14.3. The second-order valence-corrected chi connectivity index (χ2v) is 7.83. The Morgan fingerprint density at radius 3 is 2.35 bits per heavy atom. The van der Waals surface area contributed by atoms with E-state index in [1.807, 2.05) is 19.1 Å². The molecule has 174 valence electrons. The van der Waals surface area contributed by atoms with Gasteiger partial charge in [0.2, 0.25) is 0 Å². The fraction of sp³-hybridized carbons (Fsp3) is 0.185. The maximum atomic E-state index is 14.3. The highest BCUT2D eigenvalue weighted by atomic mass is 19.1. The molecule has 0 aliphatic heterocycles. The number of aryl methyl sites for hydroxylation is 1. The van der Waals surface area contributed by atoms with Crippen molar-refractivity contribution in [3.05, 3.63) is 82.9 Å². The number of hydrogen-bond acceptors (Lipinski definition) is 4. The predicted molar refractivity (Wildman–Crippen MR) is 126 cm³/mol. The van der Waals surface area contributed by atoms with Crippen molar-refractivity contribution in [1.29, 1.82) is 0 Å². The van der Waals surface area contributed by atoms with Crippen LogP contribution in [0.5, 0.6) is 0 Å². The van der Waals surface area contributed by atoms with Crippen molar-refractivity contribution in [3.8, 4) is 22.5 Å². The zero-order chi connectivity index (χ0) is 24.4. The Labute approximate surface area is 195 Å². The molecule has 0 saturated heterocycles. The largest absolute Gasteiger partial charge is 0.465 e. The van der Waals surface area contributed by atoms with Gasteiger partial charge in [-0.05, 0) is 71.6 Å². The molecule has 0 radical (unpaired) electrons. The van der Waals surface area contributed by atoms with Crippen molar-refractivity contribution in [2.24, 2.45) is 0 Å². The normalized spacial score (nSPS) is 11.0. The SMILES string of the molecule is CCCc1cc2oc(-c3ccc(F)cc3)c(C(=O)NC)c2cc1-c1ccc(F)c(C(=O)OC)c1. The number of methoxy groups -OCH3 is 1. The van der Waals surface area contributed by atoms with Gasteiger partial charge in [-0.1, -0.05) is 19.4 Å². The van der Waals surface area contributed by atoms with Crippen LogP contribution >= 0.6 is 0 Å². The molecule has 0 fully saturated rings. The summed E-state index contributed by atoms with van der Waals surface area (Å²) < 4.78 is 38.6. The van der Waals surface area contributed by atoms with Gasteiger partial charge in [-0.2, -0.15) is 0 Å². The lowest BCUT2D eigenvalue weighted by atomic mass is 9.93. The lowest BCUT2D eigenvalue weighted by Crippen LogP contribution is -2.18. The molecule has 0 unspecified atom stereocenters. The van der Waals surface area contributed by atoms with E-state index in [1.165, 1.54) is 38.4 Å². The number of rotatable bonds is 6. The number of benzene rings is 3. The van der Waals surface area contributed by atoms with Crippen LogP contribution in [0.15, 0.2) is 59.0 Å². The number of nitrogens with one attached hydrogen (secondary N) is 1. The molecule has 0 spiro atoms. The number of ether oxygens (including phenoxy) is 1. The van der Waals surface area contributed by atoms with E-state index in [0.29, 0.717) is 39.8 Å². The Morgan fingerprint density at radius 2 is 1.71 bits per heavy atom. The van der Waals surface area contributed by atoms with Crippen molar-refractivity contribution in [3.63, 3.8) is 0 Å². The van der Waals surface area contributed by atoms with Gasteiger partial charge in [0.25, 0.3) is 5.91 Å². The summed E-state index contributed by atoms with van der Waals surface area (Å²) in [4.78, 5) is 24.9. The Kier molecular flexibility index (Phi) is 6.45. The highest BCUT2D eigenvalue weighted by Gasteiger charge is 2.24. The van der Waals surface area contributed by atoms with E-state index in [4.69, 9.17) is 9.15 Å².